The van der Waals surface area contributed by atoms with Crippen LogP contribution in [-0.2, 0) is 65.4 Å². The minimum absolute atomic E-state index is 0.436. The molecule has 370 valence electrons. The van der Waals surface area contributed by atoms with Crippen molar-refractivity contribution in [3.63, 3.8) is 0 Å². The number of hydrogen-bond acceptors (Lipinski definition) is 6. The van der Waals surface area contributed by atoms with Crippen LogP contribution in [0.4, 0.5) is 34.1 Å². The molecule has 0 bridgehead atoms. The van der Waals surface area contributed by atoms with Gasteiger partial charge in [0.2, 0.25) is 12.7 Å². The second kappa shape index (κ2) is 22.9. The first-order chi connectivity index (χ1) is 36.4. The van der Waals surface area contributed by atoms with Gasteiger partial charge in [0.25, 0.3) is 0 Å². The minimum atomic E-state index is 0.436. The van der Waals surface area contributed by atoms with Crippen molar-refractivity contribution in [2.75, 3.05) is 24.0 Å². The average molecular weight is 980 g/mol. The van der Waals surface area contributed by atoms with Gasteiger partial charge in [0.05, 0.1) is 38.8 Å². The van der Waals surface area contributed by atoms with Crippen LogP contribution in [0.1, 0.15) is 33.4 Å². The van der Waals surface area contributed by atoms with E-state index in [9.17, 15) is 0 Å². The standard InChI is InChI=1S/C63H61N7O4/c1-6-48-9-11-49(12-10-48)39-68-62-31-29-58(69(54-21-13-50(14-22-54)40-71-4)56-25-17-52(18-26-56)42-73-46-66-35-33-64(7-2)44-66)37-60(62)61-38-59(30-32-63(61)68)70(55-23-15-51(16-24-55)41-72-5)57-27-19-53(20-28-57)43-74-47-67-36-34-65(8-3)45-67/h6-38,44-45H,1-3,39-43,46-47H2,4-5H3/q+2. The van der Waals surface area contributed by atoms with E-state index in [2.05, 4.69) is 192 Å². The smallest absolute Gasteiger partial charge is 0.250 e. The predicted molar refractivity (Wildman–Crippen MR) is 297 cm³/mol. The number of hydrogen-bond donors (Lipinski definition) is 0. The maximum absolute atomic E-state index is 6.12. The van der Waals surface area contributed by atoms with Gasteiger partial charge in [-0.15, -0.1) is 0 Å². The van der Waals surface area contributed by atoms with Crippen molar-refractivity contribution in [1.29, 1.82) is 0 Å². The lowest BCUT2D eigenvalue weighted by Crippen LogP contribution is -2.21. The molecule has 0 atom stereocenters. The summed E-state index contributed by atoms with van der Waals surface area (Å²) >= 11 is 0. The highest BCUT2D eigenvalue weighted by atomic mass is 16.5. The molecule has 0 fully saturated rings. The predicted octanol–water partition coefficient (Wildman–Crippen LogP) is 13.4. The number of imidazole rings is 2. The molecule has 10 aromatic rings. The number of anilines is 6. The highest BCUT2D eigenvalue weighted by Gasteiger charge is 2.20. The van der Waals surface area contributed by atoms with E-state index in [0.29, 0.717) is 46.4 Å². The Labute approximate surface area is 433 Å². The van der Waals surface area contributed by atoms with E-state index in [4.69, 9.17) is 18.9 Å². The third-order valence-corrected chi connectivity index (χ3v) is 13.2. The van der Waals surface area contributed by atoms with Crippen molar-refractivity contribution < 1.29 is 28.1 Å². The fraction of sp³-hybridized carbons (Fsp3) is 0.143. The Morgan fingerprint density at radius 2 is 0.811 bits per heavy atom. The van der Waals surface area contributed by atoms with Crippen LogP contribution in [0.15, 0.2) is 215 Å². The maximum atomic E-state index is 6.12. The van der Waals surface area contributed by atoms with Gasteiger partial charge in [-0.25, -0.2) is 18.3 Å². The molecule has 11 nitrogen and oxygen atoms in total. The molecule has 0 amide bonds. The Morgan fingerprint density at radius 1 is 0.446 bits per heavy atom. The zero-order chi connectivity index (χ0) is 50.8. The van der Waals surface area contributed by atoms with E-state index < -0.39 is 0 Å². The Morgan fingerprint density at radius 3 is 1.16 bits per heavy atom. The van der Waals surface area contributed by atoms with E-state index >= 15 is 0 Å². The van der Waals surface area contributed by atoms with Crippen LogP contribution in [0, 0.1) is 0 Å². The van der Waals surface area contributed by atoms with Crippen LogP contribution >= 0.6 is 0 Å². The second-order valence-corrected chi connectivity index (χ2v) is 18.2. The minimum Gasteiger partial charge on any atom is -0.380 e. The van der Waals surface area contributed by atoms with Gasteiger partial charge in [0.1, 0.15) is 24.8 Å². The first kappa shape index (κ1) is 49.0. The molecule has 0 radical (unpaired) electrons. The highest BCUT2D eigenvalue weighted by molar-refractivity contribution is 6.11. The molecule has 0 aliphatic carbocycles. The summed E-state index contributed by atoms with van der Waals surface area (Å²) in [6.07, 6.45) is 17.1. The molecule has 11 heteroatoms. The second-order valence-electron chi connectivity index (χ2n) is 18.2. The number of fused-ring (bicyclic) bond motifs is 3. The average Bonchev–Trinajstić information content (AvgIpc) is 4.19. The quantitative estimate of drug-likeness (QED) is 0.0595. The third-order valence-electron chi connectivity index (χ3n) is 13.2. The van der Waals surface area contributed by atoms with Crippen LogP contribution in [0.5, 0.6) is 0 Å². The fourth-order valence-corrected chi connectivity index (χ4v) is 9.39. The summed E-state index contributed by atoms with van der Waals surface area (Å²) in [5.41, 5.74) is 15.1. The van der Waals surface area contributed by atoms with E-state index in [1.54, 1.807) is 26.6 Å². The van der Waals surface area contributed by atoms with Crippen molar-refractivity contribution in [1.82, 2.24) is 13.7 Å². The summed E-state index contributed by atoms with van der Waals surface area (Å²) in [5.74, 6) is 0. The van der Waals surface area contributed by atoms with Crippen molar-refractivity contribution >= 4 is 74.4 Å². The lowest BCUT2D eigenvalue weighted by Gasteiger charge is -2.26. The number of methoxy groups -OCH3 is 2. The van der Waals surface area contributed by atoms with Crippen LogP contribution in [0.3, 0.4) is 0 Å². The molecular formula is C63H61N7O4+2. The summed E-state index contributed by atoms with van der Waals surface area (Å²) in [4.78, 5) is 4.65. The van der Waals surface area contributed by atoms with Crippen molar-refractivity contribution in [3.8, 4) is 0 Å². The van der Waals surface area contributed by atoms with Gasteiger partial charge in [-0.3, -0.25) is 0 Å². The lowest BCUT2D eigenvalue weighted by atomic mass is 10.1. The van der Waals surface area contributed by atoms with E-state index in [0.717, 1.165) is 83.7 Å². The van der Waals surface area contributed by atoms with Gasteiger partial charge < -0.3 is 33.3 Å². The van der Waals surface area contributed by atoms with Crippen LogP contribution in [-0.4, -0.2) is 27.9 Å². The Hall–Kier alpha value is -8.58. The van der Waals surface area contributed by atoms with Crippen molar-refractivity contribution in [2.24, 2.45) is 0 Å². The van der Waals surface area contributed by atoms with Gasteiger partial charge in [-0.2, -0.15) is 0 Å². The molecule has 74 heavy (non-hydrogen) atoms. The van der Waals surface area contributed by atoms with Crippen LogP contribution in [0.25, 0.3) is 40.3 Å². The fourth-order valence-electron chi connectivity index (χ4n) is 9.39. The topological polar surface area (TPSA) is 66.0 Å². The van der Waals surface area contributed by atoms with E-state index in [-0.39, 0.29) is 0 Å². The molecule has 0 saturated carbocycles. The molecule has 10 rings (SSSR count). The molecule has 0 N–H and O–H groups in total. The molecule has 0 aliphatic heterocycles. The molecule has 0 aliphatic rings. The van der Waals surface area contributed by atoms with Gasteiger partial charge in [-0.1, -0.05) is 98.6 Å². The zero-order valence-electron chi connectivity index (χ0n) is 42.0. The molecule has 0 spiro atoms. The Bertz CT molecular complexity index is 3290. The van der Waals surface area contributed by atoms with Crippen molar-refractivity contribution in [2.45, 2.75) is 46.4 Å². The number of rotatable bonds is 23. The van der Waals surface area contributed by atoms with Crippen LogP contribution < -0.4 is 18.9 Å². The van der Waals surface area contributed by atoms with Crippen molar-refractivity contribution in [3.05, 3.63) is 248 Å². The maximum Gasteiger partial charge on any atom is 0.250 e. The highest BCUT2D eigenvalue weighted by Crippen LogP contribution is 2.42. The zero-order valence-corrected chi connectivity index (χ0v) is 42.0. The third kappa shape index (κ3) is 11.1. The lowest BCUT2D eigenvalue weighted by molar-refractivity contribution is -0.567. The van der Waals surface area contributed by atoms with Crippen LogP contribution in [0.2, 0.25) is 0 Å². The summed E-state index contributed by atoms with van der Waals surface area (Å²) in [6, 6.07) is 56.9. The number of ether oxygens (including phenoxy) is 4. The molecule has 0 unspecified atom stereocenters. The summed E-state index contributed by atoms with van der Waals surface area (Å²) in [5, 5.41) is 2.28. The van der Waals surface area contributed by atoms with E-state index in [1.165, 1.54) is 5.56 Å². The SMILES string of the molecule is C=Cc1ccc(Cn2c3ccc(N(c4ccc(COC)cc4)c4ccc(COCn5cc[n+](C=C)c5)cc4)cc3c3cc(N(c4ccc(COC)cc4)c4ccc(COCn5cc[n+](C=C)c5)cc4)ccc32)cc1. The summed E-state index contributed by atoms with van der Waals surface area (Å²) < 4.78 is 33.4. The first-order valence-electron chi connectivity index (χ1n) is 24.6. The van der Waals surface area contributed by atoms with Gasteiger partial charge in [0.15, 0.2) is 13.5 Å². The van der Waals surface area contributed by atoms with Gasteiger partial charge >= 0.3 is 0 Å². The monoisotopic (exact) mass is 979 g/mol. The molecule has 3 heterocycles. The first-order valence-corrected chi connectivity index (χ1v) is 24.6. The normalized spacial score (nSPS) is 11.3. The molecule has 3 aromatic heterocycles. The summed E-state index contributed by atoms with van der Waals surface area (Å²) in [6.45, 7) is 15.2. The number of benzene rings is 7. The van der Waals surface area contributed by atoms with Gasteiger partial charge in [-0.05, 0) is 118 Å². The number of aromatic nitrogens is 5. The Kier molecular flexibility index (Phi) is 15.2. The molecular weight excluding hydrogens is 919 g/mol. The largest absolute Gasteiger partial charge is 0.380 e. The number of nitrogens with zero attached hydrogens (tertiary/aromatic N) is 7. The van der Waals surface area contributed by atoms with Gasteiger partial charge in [0, 0.05) is 76.7 Å². The molecule has 7 aromatic carbocycles. The molecule has 0 saturated heterocycles. The Balaban J connectivity index is 1.05. The summed E-state index contributed by atoms with van der Waals surface area (Å²) in [7, 11) is 3.45. The van der Waals surface area contributed by atoms with E-state index in [1.807, 2.05) is 61.8 Å².